The SMILES string of the molecule is CCC(C)(Cl)C(=O)N(OC)OC. The zero-order chi connectivity index (χ0) is 9.78. The molecule has 0 aromatic rings. The van der Waals surface area contributed by atoms with E-state index < -0.39 is 10.8 Å². The van der Waals surface area contributed by atoms with Gasteiger partial charge in [-0.25, -0.2) is 9.68 Å². The Morgan fingerprint density at radius 3 is 2.17 bits per heavy atom. The Kier molecular flexibility index (Phi) is 4.52. The van der Waals surface area contributed by atoms with E-state index in [1.54, 1.807) is 6.92 Å². The molecule has 0 aliphatic heterocycles. The molecular formula is C7H14ClNO3. The summed E-state index contributed by atoms with van der Waals surface area (Å²) in [6, 6.07) is 0. The number of hydrogen-bond acceptors (Lipinski definition) is 3. The first-order valence-corrected chi connectivity index (χ1v) is 3.99. The first kappa shape index (κ1) is 11.7. The molecule has 1 atom stereocenters. The van der Waals surface area contributed by atoms with Crippen LogP contribution in [0.1, 0.15) is 20.3 Å². The Balaban J connectivity index is 4.35. The summed E-state index contributed by atoms with van der Waals surface area (Å²) in [5.74, 6) is -0.406. The molecule has 0 spiro atoms. The molecule has 0 fully saturated rings. The van der Waals surface area contributed by atoms with Crippen LogP contribution in [0.3, 0.4) is 0 Å². The van der Waals surface area contributed by atoms with E-state index in [4.69, 9.17) is 11.6 Å². The average molecular weight is 196 g/mol. The van der Waals surface area contributed by atoms with Gasteiger partial charge in [0.15, 0.2) is 0 Å². The van der Waals surface area contributed by atoms with Gasteiger partial charge in [0.1, 0.15) is 4.87 Å². The molecule has 0 N–H and O–H groups in total. The summed E-state index contributed by atoms with van der Waals surface area (Å²) in [5.41, 5.74) is 0. The predicted octanol–water partition coefficient (Wildman–Crippen LogP) is 1.35. The lowest BCUT2D eigenvalue weighted by Crippen LogP contribution is -2.42. The van der Waals surface area contributed by atoms with E-state index in [1.807, 2.05) is 6.92 Å². The van der Waals surface area contributed by atoms with Gasteiger partial charge in [-0.15, -0.1) is 11.6 Å². The first-order chi connectivity index (χ1) is 5.49. The van der Waals surface area contributed by atoms with Gasteiger partial charge in [0.05, 0.1) is 14.2 Å². The maximum absolute atomic E-state index is 11.4. The van der Waals surface area contributed by atoms with Gasteiger partial charge in [-0.2, -0.15) is 0 Å². The molecule has 0 saturated heterocycles. The second-order valence-electron chi connectivity index (χ2n) is 2.48. The van der Waals surface area contributed by atoms with Crippen molar-refractivity contribution in [3.8, 4) is 0 Å². The number of halogens is 1. The fourth-order valence-corrected chi connectivity index (χ4v) is 0.651. The Labute approximate surface area is 77.3 Å². The maximum atomic E-state index is 11.4. The summed E-state index contributed by atoms with van der Waals surface area (Å²) < 4.78 is 0. The minimum Gasteiger partial charge on any atom is -0.268 e. The molecule has 72 valence electrons. The molecule has 1 amide bonds. The quantitative estimate of drug-likeness (QED) is 0.502. The standard InChI is InChI=1S/C7H14ClNO3/c1-5-7(2,8)6(10)9(11-3)12-4/h5H2,1-4H3. The maximum Gasteiger partial charge on any atom is 0.293 e. The largest absolute Gasteiger partial charge is 0.293 e. The van der Waals surface area contributed by atoms with Crippen LogP contribution in [0, 0.1) is 0 Å². The van der Waals surface area contributed by atoms with Crippen LogP contribution < -0.4 is 0 Å². The zero-order valence-corrected chi connectivity index (χ0v) is 8.51. The molecule has 0 radical (unpaired) electrons. The van der Waals surface area contributed by atoms with Crippen LogP contribution >= 0.6 is 11.6 Å². The second-order valence-corrected chi connectivity index (χ2v) is 3.31. The van der Waals surface area contributed by atoms with Crippen LogP contribution in [0.4, 0.5) is 0 Å². The number of nitrogens with zero attached hydrogens (tertiary/aromatic N) is 1. The summed E-state index contributed by atoms with van der Waals surface area (Å²) in [5, 5.41) is 0.760. The minimum absolute atomic E-state index is 0.406. The molecule has 5 heteroatoms. The highest BCUT2D eigenvalue weighted by Crippen LogP contribution is 2.21. The monoisotopic (exact) mass is 195 g/mol. The number of alkyl halides is 1. The molecule has 0 rings (SSSR count). The van der Waals surface area contributed by atoms with E-state index in [-0.39, 0.29) is 0 Å². The average Bonchev–Trinajstić information content (AvgIpc) is 2.06. The molecule has 1 unspecified atom stereocenters. The van der Waals surface area contributed by atoms with Crippen molar-refractivity contribution < 1.29 is 14.5 Å². The van der Waals surface area contributed by atoms with E-state index >= 15 is 0 Å². The number of amides is 1. The predicted molar refractivity (Wildman–Crippen MR) is 45.4 cm³/mol. The summed E-state index contributed by atoms with van der Waals surface area (Å²) in [7, 11) is 2.67. The number of hydroxylamine groups is 2. The van der Waals surface area contributed by atoms with Crippen LogP contribution in [0.2, 0.25) is 0 Å². The van der Waals surface area contributed by atoms with Crippen molar-refractivity contribution in [1.29, 1.82) is 0 Å². The van der Waals surface area contributed by atoms with E-state index in [2.05, 4.69) is 9.68 Å². The van der Waals surface area contributed by atoms with Crippen LogP contribution in [0.25, 0.3) is 0 Å². The van der Waals surface area contributed by atoms with Crippen molar-refractivity contribution in [1.82, 2.24) is 5.23 Å². The Morgan fingerprint density at radius 2 is 1.92 bits per heavy atom. The zero-order valence-electron chi connectivity index (χ0n) is 7.76. The van der Waals surface area contributed by atoms with Crippen molar-refractivity contribution in [3.63, 3.8) is 0 Å². The van der Waals surface area contributed by atoms with Gasteiger partial charge in [0.2, 0.25) is 0 Å². The van der Waals surface area contributed by atoms with E-state index in [9.17, 15) is 4.79 Å². The smallest absolute Gasteiger partial charge is 0.268 e. The Morgan fingerprint density at radius 1 is 1.50 bits per heavy atom. The molecule has 0 bridgehead atoms. The van der Waals surface area contributed by atoms with E-state index in [0.717, 1.165) is 5.23 Å². The second kappa shape index (κ2) is 4.64. The lowest BCUT2D eigenvalue weighted by molar-refractivity contribution is -0.318. The van der Waals surface area contributed by atoms with Crippen molar-refractivity contribution >= 4 is 17.5 Å². The number of carbonyl (C=O) groups is 1. The van der Waals surface area contributed by atoms with Gasteiger partial charge in [-0.05, 0) is 13.3 Å². The summed E-state index contributed by atoms with van der Waals surface area (Å²) in [4.78, 5) is 19.7. The number of hydrogen-bond donors (Lipinski definition) is 0. The topological polar surface area (TPSA) is 38.8 Å². The van der Waals surface area contributed by atoms with Crippen molar-refractivity contribution in [3.05, 3.63) is 0 Å². The lowest BCUT2D eigenvalue weighted by Gasteiger charge is -2.24. The summed E-state index contributed by atoms with van der Waals surface area (Å²) in [6.45, 7) is 3.43. The number of rotatable bonds is 4. The molecule has 0 aliphatic rings. The third-order valence-electron chi connectivity index (χ3n) is 1.61. The first-order valence-electron chi connectivity index (χ1n) is 3.61. The number of carbonyl (C=O) groups excluding carboxylic acids is 1. The van der Waals surface area contributed by atoms with E-state index in [1.165, 1.54) is 14.2 Å². The van der Waals surface area contributed by atoms with Gasteiger partial charge < -0.3 is 0 Å². The highest BCUT2D eigenvalue weighted by atomic mass is 35.5. The molecule has 0 heterocycles. The molecule has 12 heavy (non-hydrogen) atoms. The van der Waals surface area contributed by atoms with Crippen molar-refractivity contribution in [2.75, 3.05) is 14.2 Å². The summed E-state index contributed by atoms with van der Waals surface area (Å²) >= 11 is 5.87. The Bertz CT molecular complexity index is 157. The molecule has 0 aromatic carbocycles. The van der Waals surface area contributed by atoms with Gasteiger partial charge in [-0.1, -0.05) is 12.2 Å². The van der Waals surface area contributed by atoms with Gasteiger partial charge in [0, 0.05) is 0 Å². The Hall–Kier alpha value is -0.320. The van der Waals surface area contributed by atoms with Gasteiger partial charge in [0.25, 0.3) is 5.91 Å². The highest BCUT2D eigenvalue weighted by molar-refractivity contribution is 6.34. The highest BCUT2D eigenvalue weighted by Gasteiger charge is 2.33. The summed E-state index contributed by atoms with van der Waals surface area (Å²) in [6.07, 6.45) is 0.511. The normalized spacial score (nSPS) is 15.4. The minimum atomic E-state index is -0.966. The van der Waals surface area contributed by atoms with Crippen LogP contribution in [0.5, 0.6) is 0 Å². The molecule has 0 aromatic heterocycles. The van der Waals surface area contributed by atoms with Gasteiger partial charge in [-0.3, -0.25) is 4.79 Å². The fourth-order valence-electron chi connectivity index (χ4n) is 0.582. The third kappa shape index (κ3) is 2.62. The lowest BCUT2D eigenvalue weighted by atomic mass is 10.1. The van der Waals surface area contributed by atoms with E-state index in [0.29, 0.717) is 6.42 Å². The van der Waals surface area contributed by atoms with Crippen molar-refractivity contribution in [2.24, 2.45) is 0 Å². The van der Waals surface area contributed by atoms with Crippen LogP contribution in [0.15, 0.2) is 0 Å². The van der Waals surface area contributed by atoms with Gasteiger partial charge >= 0.3 is 0 Å². The van der Waals surface area contributed by atoms with Crippen LogP contribution in [-0.2, 0) is 14.5 Å². The molecule has 4 nitrogen and oxygen atoms in total. The fraction of sp³-hybridized carbons (Fsp3) is 0.857. The third-order valence-corrected chi connectivity index (χ3v) is 2.04. The molecule has 0 saturated carbocycles. The van der Waals surface area contributed by atoms with Crippen molar-refractivity contribution in [2.45, 2.75) is 25.1 Å². The molecular weight excluding hydrogens is 182 g/mol. The molecule has 0 aliphatic carbocycles. The van der Waals surface area contributed by atoms with Crippen LogP contribution in [-0.4, -0.2) is 30.2 Å².